The van der Waals surface area contributed by atoms with Gasteiger partial charge in [0.05, 0.1) is 16.1 Å². The molecule has 1 aliphatic heterocycles. The number of sulfonamides is 1. The molecule has 2 amide bonds. The molecule has 0 radical (unpaired) electrons. The van der Waals surface area contributed by atoms with Crippen LogP contribution < -0.4 is 10.6 Å². The SMILES string of the molecule is CCN(C1CCN(CCNC(=O)Nc2cc(C)nc3ccccc23)CC1)S(=O)(=O)c1cccc(Cl)c1. The smallest absolute Gasteiger partial charge is 0.319 e. The molecule has 0 bridgehead atoms. The van der Waals surface area contributed by atoms with Gasteiger partial charge in [0.2, 0.25) is 10.0 Å². The minimum absolute atomic E-state index is 0.0605. The number of aryl methyl sites for hydroxylation is 1. The number of aromatic nitrogens is 1. The van der Waals surface area contributed by atoms with E-state index in [2.05, 4.69) is 20.5 Å². The van der Waals surface area contributed by atoms with E-state index in [0.29, 0.717) is 24.7 Å². The first kappa shape index (κ1) is 26.3. The highest BCUT2D eigenvalue weighted by molar-refractivity contribution is 7.89. The molecule has 1 saturated heterocycles. The Morgan fingerprint density at radius 2 is 1.89 bits per heavy atom. The summed E-state index contributed by atoms with van der Waals surface area (Å²) >= 11 is 6.03. The fourth-order valence-electron chi connectivity index (χ4n) is 4.72. The number of pyridine rings is 1. The molecule has 3 aromatic rings. The summed E-state index contributed by atoms with van der Waals surface area (Å²) in [5, 5.41) is 7.17. The molecule has 4 rings (SSSR count). The number of carbonyl (C=O) groups excluding carboxylic acids is 1. The van der Waals surface area contributed by atoms with Gasteiger partial charge in [0.25, 0.3) is 0 Å². The van der Waals surface area contributed by atoms with Gasteiger partial charge in [-0.05, 0) is 63.2 Å². The molecular weight excluding hydrogens is 498 g/mol. The van der Waals surface area contributed by atoms with E-state index in [4.69, 9.17) is 11.6 Å². The molecule has 1 fully saturated rings. The van der Waals surface area contributed by atoms with Gasteiger partial charge < -0.3 is 15.5 Å². The number of hydrogen-bond acceptors (Lipinski definition) is 5. The third-order valence-electron chi connectivity index (χ3n) is 6.48. The Morgan fingerprint density at radius 1 is 1.14 bits per heavy atom. The number of piperidine rings is 1. The molecule has 0 spiro atoms. The molecule has 0 saturated carbocycles. The molecule has 10 heteroatoms. The second-order valence-corrected chi connectivity index (χ2v) is 11.3. The number of benzene rings is 2. The van der Waals surface area contributed by atoms with Gasteiger partial charge in [-0.15, -0.1) is 0 Å². The average molecular weight is 530 g/mol. The summed E-state index contributed by atoms with van der Waals surface area (Å²) in [5.41, 5.74) is 2.41. The van der Waals surface area contributed by atoms with Crippen molar-refractivity contribution in [2.45, 2.75) is 37.6 Å². The predicted molar refractivity (Wildman–Crippen MR) is 144 cm³/mol. The maximum Gasteiger partial charge on any atom is 0.319 e. The summed E-state index contributed by atoms with van der Waals surface area (Å²) in [6, 6.07) is 15.7. The lowest BCUT2D eigenvalue weighted by Gasteiger charge is -2.37. The van der Waals surface area contributed by atoms with Crippen molar-refractivity contribution in [1.29, 1.82) is 0 Å². The van der Waals surface area contributed by atoms with Gasteiger partial charge in [-0.3, -0.25) is 4.98 Å². The summed E-state index contributed by atoms with van der Waals surface area (Å²) in [7, 11) is -3.61. The summed E-state index contributed by atoms with van der Waals surface area (Å²) in [6.45, 7) is 6.90. The molecule has 8 nitrogen and oxygen atoms in total. The average Bonchev–Trinajstić information content (AvgIpc) is 2.85. The van der Waals surface area contributed by atoms with E-state index in [1.807, 2.05) is 44.2 Å². The van der Waals surface area contributed by atoms with E-state index in [-0.39, 0.29) is 17.0 Å². The van der Waals surface area contributed by atoms with E-state index in [0.717, 1.165) is 48.2 Å². The van der Waals surface area contributed by atoms with E-state index < -0.39 is 10.0 Å². The number of hydrogen-bond donors (Lipinski definition) is 2. The number of para-hydroxylation sites is 1. The van der Waals surface area contributed by atoms with Crippen molar-refractivity contribution in [2.75, 3.05) is 38.0 Å². The Hall–Kier alpha value is -2.72. The fraction of sp³-hybridized carbons (Fsp3) is 0.385. The number of carbonyl (C=O) groups is 1. The van der Waals surface area contributed by atoms with Crippen LogP contribution >= 0.6 is 11.6 Å². The zero-order chi connectivity index (χ0) is 25.7. The summed E-state index contributed by atoms with van der Waals surface area (Å²) < 4.78 is 28.0. The van der Waals surface area contributed by atoms with Crippen LogP contribution in [0.3, 0.4) is 0 Å². The Kier molecular flexibility index (Phi) is 8.46. The third-order valence-corrected chi connectivity index (χ3v) is 8.74. The van der Waals surface area contributed by atoms with Crippen LogP contribution in [0.4, 0.5) is 10.5 Å². The van der Waals surface area contributed by atoms with Crippen LogP contribution in [0.1, 0.15) is 25.5 Å². The number of urea groups is 1. The predicted octanol–water partition coefficient (Wildman–Crippen LogP) is 4.49. The van der Waals surface area contributed by atoms with Crippen LogP contribution in [-0.4, -0.2) is 67.4 Å². The lowest BCUT2D eigenvalue weighted by molar-refractivity contribution is 0.162. The highest BCUT2D eigenvalue weighted by Gasteiger charge is 2.32. The summed E-state index contributed by atoms with van der Waals surface area (Å²) in [5.74, 6) is 0. The Morgan fingerprint density at radius 3 is 2.61 bits per heavy atom. The van der Waals surface area contributed by atoms with Gasteiger partial charge in [-0.1, -0.05) is 42.8 Å². The van der Waals surface area contributed by atoms with Crippen molar-refractivity contribution < 1.29 is 13.2 Å². The van der Waals surface area contributed by atoms with E-state index in [9.17, 15) is 13.2 Å². The largest absolute Gasteiger partial charge is 0.337 e. The third kappa shape index (κ3) is 6.15. The first-order chi connectivity index (χ1) is 17.3. The van der Waals surface area contributed by atoms with Crippen molar-refractivity contribution in [2.24, 2.45) is 0 Å². The van der Waals surface area contributed by atoms with Crippen LogP contribution in [0.5, 0.6) is 0 Å². The Labute approximate surface area is 217 Å². The molecule has 36 heavy (non-hydrogen) atoms. The van der Waals surface area contributed by atoms with Gasteiger partial charge in [0, 0.05) is 41.8 Å². The van der Waals surface area contributed by atoms with Crippen molar-refractivity contribution in [3.63, 3.8) is 0 Å². The van der Waals surface area contributed by atoms with Crippen LogP contribution in [0.15, 0.2) is 59.5 Å². The zero-order valence-electron chi connectivity index (χ0n) is 20.6. The monoisotopic (exact) mass is 529 g/mol. The molecule has 1 aliphatic rings. The number of amides is 2. The van der Waals surface area contributed by atoms with Crippen LogP contribution in [0, 0.1) is 6.92 Å². The first-order valence-corrected chi connectivity index (χ1v) is 14.0. The molecule has 2 heterocycles. The second kappa shape index (κ2) is 11.6. The number of fused-ring (bicyclic) bond motifs is 1. The van der Waals surface area contributed by atoms with Crippen LogP contribution in [0.2, 0.25) is 5.02 Å². The van der Waals surface area contributed by atoms with Gasteiger partial charge in [-0.2, -0.15) is 4.31 Å². The molecule has 0 aliphatic carbocycles. The number of halogens is 1. The molecule has 192 valence electrons. The molecule has 1 aromatic heterocycles. The number of anilines is 1. The van der Waals surface area contributed by atoms with Crippen molar-refractivity contribution in [3.05, 3.63) is 65.3 Å². The highest BCUT2D eigenvalue weighted by atomic mass is 35.5. The first-order valence-electron chi connectivity index (χ1n) is 12.2. The number of nitrogens with zero attached hydrogens (tertiary/aromatic N) is 3. The maximum atomic E-state index is 13.2. The summed E-state index contributed by atoms with van der Waals surface area (Å²) in [4.78, 5) is 19.5. The molecule has 2 aromatic carbocycles. The maximum absolute atomic E-state index is 13.2. The molecule has 0 unspecified atom stereocenters. The van der Waals surface area contributed by atoms with E-state index in [1.54, 1.807) is 22.5 Å². The van der Waals surface area contributed by atoms with Gasteiger partial charge in [0.15, 0.2) is 0 Å². The Bertz CT molecular complexity index is 1330. The summed E-state index contributed by atoms with van der Waals surface area (Å²) in [6.07, 6.45) is 1.48. The van der Waals surface area contributed by atoms with Crippen molar-refractivity contribution in [3.8, 4) is 0 Å². The van der Waals surface area contributed by atoms with Gasteiger partial charge in [0.1, 0.15) is 0 Å². The number of likely N-dealkylation sites (tertiary alicyclic amines) is 1. The minimum Gasteiger partial charge on any atom is -0.337 e. The zero-order valence-corrected chi connectivity index (χ0v) is 22.1. The van der Waals surface area contributed by atoms with Crippen molar-refractivity contribution >= 4 is 44.2 Å². The lowest BCUT2D eigenvalue weighted by Crippen LogP contribution is -2.48. The van der Waals surface area contributed by atoms with Gasteiger partial charge >= 0.3 is 6.03 Å². The molecular formula is C26H32ClN5O3S. The lowest BCUT2D eigenvalue weighted by atomic mass is 10.1. The van der Waals surface area contributed by atoms with Gasteiger partial charge in [-0.25, -0.2) is 13.2 Å². The van der Waals surface area contributed by atoms with E-state index in [1.165, 1.54) is 6.07 Å². The number of nitrogens with one attached hydrogen (secondary N) is 2. The van der Waals surface area contributed by atoms with Crippen LogP contribution in [0.25, 0.3) is 10.9 Å². The quantitative estimate of drug-likeness (QED) is 0.448. The molecule has 2 N–H and O–H groups in total. The topological polar surface area (TPSA) is 94.6 Å². The molecule has 0 atom stereocenters. The van der Waals surface area contributed by atoms with E-state index >= 15 is 0 Å². The minimum atomic E-state index is -3.61. The van der Waals surface area contributed by atoms with Crippen molar-refractivity contribution in [1.82, 2.24) is 19.5 Å². The van der Waals surface area contributed by atoms with Crippen LogP contribution in [-0.2, 0) is 10.0 Å². The normalized spacial score (nSPS) is 15.3. The second-order valence-electron chi connectivity index (χ2n) is 8.95. The Balaban J connectivity index is 1.27. The fourth-order valence-corrected chi connectivity index (χ4v) is 6.72. The number of rotatable bonds is 8. The standard InChI is InChI=1S/C26H32ClN5O3S/c1-3-32(36(34,35)22-8-6-7-20(27)18-22)21-11-14-31(15-12-21)16-13-28-26(33)30-25-17-19(2)29-24-10-5-4-9-23(24)25/h4-10,17-18,21H,3,11-16H2,1-2H3,(H2,28,29,30,33). The highest BCUT2D eigenvalue weighted by Crippen LogP contribution is 2.26.